The first kappa shape index (κ1) is 18.1. The molecule has 1 aromatic carbocycles. The van der Waals surface area contributed by atoms with E-state index in [1.54, 1.807) is 0 Å². The number of carbonyl (C=O) groups excluding carboxylic acids is 1. The Labute approximate surface area is 158 Å². The van der Waals surface area contributed by atoms with Crippen LogP contribution in [0.2, 0.25) is 0 Å². The van der Waals surface area contributed by atoms with Gasteiger partial charge in [-0.05, 0) is 80.1 Å². The average molecular weight is 355 g/mol. The Bertz CT molecular complexity index is 614. The zero-order chi connectivity index (χ0) is 18.4. The Hall–Kier alpha value is -1.31. The molecule has 0 N–H and O–H groups in total. The van der Waals surface area contributed by atoms with Crippen molar-refractivity contribution >= 4 is 5.97 Å². The molecule has 4 fully saturated rings. The third kappa shape index (κ3) is 3.32. The van der Waals surface area contributed by atoms with Gasteiger partial charge in [0.2, 0.25) is 0 Å². The summed E-state index contributed by atoms with van der Waals surface area (Å²) in [6.07, 6.45) is 9.42. The van der Waals surface area contributed by atoms with Gasteiger partial charge in [0.1, 0.15) is 5.60 Å². The molecule has 1 aromatic rings. The number of hydrogen-bond donors (Lipinski definition) is 0. The highest BCUT2D eigenvalue weighted by Gasteiger charge is 2.53. The van der Waals surface area contributed by atoms with Crippen LogP contribution in [0.1, 0.15) is 77.7 Å². The van der Waals surface area contributed by atoms with E-state index in [0.29, 0.717) is 0 Å². The van der Waals surface area contributed by atoms with Crippen LogP contribution in [0.15, 0.2) is 30.3 Å². The van der Waals surface area contributed by atoms with Crippen LogP contribution in [0.25, 0.3) is 0 Å². The van der Waals surface area contributed by atoms with Crippen LogP contribution in [-0.4, -0.2) is 11.6 Å². The van der Waals surface area contributed by atoms with E-state index in [1.807, 2.05) is 0 Å². The molecular formula is C24H34O2. The molecule has 0 amide bonds. The summed E-state index contributed by atoms with van der Waals surface area (Å²) in [5.41, 5.74) is 1.24. The van der Waals surface area contributed by atoms with Crippen molar-refractivity contribution in [2.24, 2.45) is 23.7 Å². The Morgan fingerprint density at radius 3 is 2.15 bits per heavy atom. The molecule has 2 heteroatoms. The molecule has 4 aliphatic rings. The fourth-order valence-corrected chi connectivity index (χ4v) is 6.54. The molecule has 0 heterocycles. The first-order chi connectivity index (χ1) is 12.4. The third-order valence-electron chi connectivity index (χ3n) is 7.71. The predicted octanol–water partition coefficient (Wildman–Crippen LogP) is 5.89. The fraction of sp³-hybridized carbons (Fsp3) is 0.708. The lowest BCUT2D eigenvalue weighted by molar-refractivity contribution is -0.191. The quantitative estimate of drug-likeness (QED) is 0.595. The monoisotopic (exact) mass is 354 g/mol. The van der Waals surface area contributed by atoms with Gasteiger partial charge in [0.15, 0.2) is 0 Å². The van der Waals surface area contributed by atoms with Crippen molar-refractivity contribution in [2.75, 3.05) is 0 Å². The molecule has 2 nitrogen and oxygen atoms in total. The van der Waals surface area contributed by atoms with Gasteiger partial charge in [-0.2, -0.15) is 0 Å². The lowest BCUT2D eigenvalue weighted by Gasteiger charge is -2.55. The number of esters is 1. The minimum Gasteiger partial charge on any atom is -0.459 e. The van der Waals surface area contributed by atoms with Gasteiger partial charge in [0, 0.05) is 0 Å². The molecule has 26 heavy (non-hydrogen) atoms. The van der Waals surface area contributed by atoms with Crippen molar-refractivity contribution in [1.29, 1.82) is 0 Å². The summed E-state index contributed by atoms with van der Waals surface area (Å²) in [5.74, 6) is 2.44. The van der Waals surface area contributed by atoms with E-state index in [1.165, 1.54) is 24.8 Å². The van der Waals surface area contributed by atoms with Gasteiger partial charge in [-0.25, -0.2) is 0 Å². The van der Waals surface area contributed by atoms with Crippen LogP contribution in [0, 0.1) is 23.7 Å². The summed E-state index contributed by atoms with van der Waals surface area (Å²) in [7, 11) is 0. The summed E-state index contributed by atoms with van der Waals surface area (Å²) in [6, 6.07) is 10.6. The smallest absolute Gasteiger partial charge is 0.309 e. The highest BCUT2D eigenvalue weighted by atomic mass is 16.6. The maximum Gasteiger partial charge on any atom is 0.309 e. The second-order valence-corrected chi connectivity index (χ2v) is 9.91. The van der Waals surface area contributed by atoms with Gasteiger partial charge in [-0.1, -0.05) is 51.1 Å². The van der Waals surface area contributed by atoms with E-state index in [-0.39, 0.29) is 22.9 Å². The summed E-state index contributed by atoms with van der Waals surface area (Å²) in [4.78, 5) is 13.0. The lowest BCUT2D eigenvalue weighted by Crippen LogP contribution is -2.53. The number of carbonyl (C=O) groups is 1. The average Bonchev–Trinajstić information content (AvgIpc) is 2.60. The standard InChI is InChI=1S/C24H34O2/c1-4-23(3,21-8-6-5-7-9-21)13-17(2)22(25)26-24-14-18-10-19(15-24)12-20(11-18)16-24/h5-9,17-20H,4,10-16H2,1-3H3. The van der Waals surface area contributed by atoms with Gasteiger partial charge in [-0.3, -0.25) is 4.79 Å². The number of benzene rings is 1. The maximum absolute atomic E-state index is 13.0. The SMILES string of the molecule is CCC(C)(CC(C)C(=O)OC12CC3CC(CC(C3)C1)C2)c1ccccc1. The van der Waals surface area contributed by atoms with Crippen LogP contribution in [-0.2, 0) is 14.9 Å². The Morgan fingerprint density at radius 1 is 1.12 bits per heavy atom. The van der Waals surface area contributed by atoms with E-state index in [4.69, 9.17) is 4.74 Å². The summed E-state index contributed by atoms with van der Waals surface area (Å²) >= 11 is 0. The number of hydrogen-bond acceptors (Lipinski definition) is 2. The zero-order valence-corrected chi connectivity index (χ0v) is 16.7. The molecule has 0 spiro atoms. The maximum atomic E-state index is 13.0. The minimum atomic E-state index is -0.116. The fourth-order valence-electron chi connectivity index (χ4n) is 6.54. The normalized spacial score (nSPS) is 35.7. The van der Waals surface area contributed by atoms with E-state index in [2.05, 4.69) is 51.1 Å². The van der Waals surface area contributed by atoms with Crippen LogP contribution in [0.3, 0.4) is 0 Å². The highest BCUT2D eigenvalue weighted by Crippen LogP contribution is 2.57. The van der Waals surface area contributed by atoms with Crippen molar-refractivity contribution in [3.63, 3.8) is 0 Å². The molecule has 2 unspecified atom stereocenters. The van der Waals surface area contributed by atoms with Gasteiger partial charge in [0.05, 0.1) is 5.92 Å². The minimum absolute atomic E-state index is 0.0289. The van der Waals surface area contributed by atoms with Crippen LogP contribution in [0.4, 0.5) is 0 Å². The lowest BCUT2D eigenvalue weighted by atomic mass is 9.54. The molecule has 142 valence electrons. The van der Waals surface area contributed by atoms with Crippen molar-refractivity contribution in [3.05, 3.63) is 35.9 Å². The van der Waals surface area contributed by atoms with Crippen molar-refractivity contribution < 1.29 is 9.53 Å². The largest absolute Gasteiger partial charge is 0.459 e. The highest BCUT2D eigenvalue weighted by molar-refractivity contribution is 5.72. The van der Waals surface area contributed by atoms with Gasteiger partial charge in [-0.15, -0.1) is 0 Å². The summed E-state index contributed by atoms with van der Waals surface area (Å²) in [5, 5.41) is 0. The summed E-state index contributed by atoms with van der Waals surface area (Å²) in [6.45, 7) is 6.58. The van der Waals surface area contributed by atoms with E-state index >= 15 is 0 Å². The second kappa shape index (κ2) is 6.69. The first-order valence-electron chi connectivity index (χ1n) is 10.7. The van der Waals surface area contributed by atoms with E-state index in [0.717, 1.165) is 49.9 Å². The molecular weight excluding hydrogens is 320 g/mol. The molecule has 4 saturated carbocycles. The molecule has 2 atom stereocenters. The van der Waals surface area contributed by atoms with Crippen molar-refractivity contribution in [2.45, 2.75) is 83.2 Å². The number of rotatable bonds is 6. The molecule has 4 aliphatic carbocycles. The first-order valence-corrected chi connectivity index (χ1v) is 10.7. The van der Waals surface area contributed by atoms with Crippen LogP contribution < -0.4 is 0 Å². The molecule has 0 aliphatic heterocycles. The van der Waals surface area contributed by atoms with Crippen molar-refractivity contribution in [1.82, 2.24) is 0 Å². The Kier molecular flexibility index (Phi) is 4.65. The Balaban J connectivity index is 1.43. The molecule has 0 radical (unpaired) electrons. The van der Waals surface area contributed by atoms with Gasteiger partial charge < -0.3 is 4.74 Å². The van der Waals surface area contributed by atoms with Crippen LogP contribution >= 0.6 is 0 Å². The van der Waals surface area contributed by atoms with Gasteiger partial charge in [0.25, 0.3) is 0 Å². The Morgan fingerprint density at radius 2 is 1.65 bits per heavy atom. The van der Waals surface area contributed by atoms with E-state index < -0.39 is 0 Å². The third-order valence-corrected chi connectivity index (χ3v) is 7.71. The van der Waals surface area contributed by atoms with Gasteiger partial charge >= 0.3 is 5.97 Å². The summed E-state index contributed by atoms with van der Waals surface area (Å²) < 4.78 is 6.30. The zero-order valence-electron chi connectivity index (χ0n) is 16.7. The predicted molar refractivity (Wildman–Crippen MR) is 105 cm³/mol. The molecule has 0 aromatic heterocycles. The number of ether oxygens (including phenoxy) is 1. The second-order valence-electron chi connectivity index (χ2n) is 9.91. The molecule has 4 bridgehead atoms. The molecule has 5 rings (SSSR count). The molecule has 0 saturated heterocycles. The van der Waals surface area contributed by atoms with E-state index in [9.17, 15) is 4.79 Å². The van der Waals surface area contributed by atoms with Crippen LogP contribution in [0.5, 0.6) is 0 Å². The topological polar surface area (TPSA) is 26.3 Å². The van der Waals surface area contributed by atoms with Crippen molar-refractivity contribution in [3.8, 4) is 0 Å².